The number of anilines is 1. The number of nitrogens with zero attached hydrogens (tertiary/aromatic N) is 1. The molecule has 0 radical (unpaired) electrons. The van der Waals surface area contributed by atoms with E-state index in [1.165, 1.54) is 18.2 Å². The zero-order valence-electron chi connectivity index (χ0n) is 13.2. The molecule has 1 aromatic heterocycles. The van der Waals surface area contributed by atoms with Crippen molar-refractivity contribution in [1.82, 2.24) is 9.97 Å². The fourth-order valence-electron chi connectivity index (χ4n) is 2.63. The van der Waals surface area contributed by atoms with Crippen LogP contribution in [-0.4, -0.2) is 15.9 Å². The van der Waals surface area contributed by atoms with Gasteiger partial charge in [-0.25, -0.2) is 9.37 Å². The van der Waals surface area contributed by atoms with Gasteiger partial charge in [0.05, 0.1) is 11.0 Å². The van der Waals surface area contributed by atoms with Crippen LogP contribution < -0.4 is 5.32 Å². The Morgan fingerprint density at radius 1 is 0.960 bits per heavy atom. The molecule has 0 bridgehead atoms. The van der Waals surface area contributed by atoms with Crippen molar-refractivity contribution < 1.29 is 9.18 Å². The van der Waals surface area contributed by atoms with Crippen molar-refractivity contribution in [2.75, 3.05) is 5.32 Å². The van der Waals surface area contributed by atoms with E-state index in [0.29, 0.717) is 5.69 Å². The lowest BCUT2D eigenvalue weighted by molar-refractivity contribution is 0.102. The molecule has 2 N–H and O–H groups in total. The van der Waals surface area contributed by atoms with Crippen molar-refractivity contribution in [3.63, 3.8) is 0 Å². The van der Waals surface area contributed by atoms with Gasteiger partial charge >= 0.3 is 0 Å². The molecule has 1 amide bonds. The average molecular weight is 331 g/mol. The van der Waals surface area contributed by atoms with Crippen LogP contribution in [0.5, 0.6) is 0 Å². The molecule has 0 saturated heterocycles. The molecular formula is C20H14FN3O. The van der Waals surface area contributed by atoms with E-state index in [1.807, 2.05) is 36.4 Å². The average Bonchev–Trinajstić information content (AvgIpc) is 3.06. The first-order valence-corrected chi connectivity index (χ1v) is 7.81. The van der Waals surface area contributed by atoms with Crippen LogP contribution in [0.4, 0.5) is 10.1 Å². The predicted molar refractivity (Wildman–Crippen MR) is 95.9 cm³/mol. The molecule has 0 fully saturated rings. The molecule has 0 aliphatic rings. The van der Waals surface area contributed by atoms with E-state index in [4.69, 9.17) is 0 Å². The van der Waals surface area contributed by atoms with Gasteiger partial charge in [0.1, 0.15) is 11.6 Å². The molecule has 0 unspecified atom stereocenters. The molecule has 0 atom stereocenters. The topological polar surface area (TPSA) is 57.8 Å². The summed E-state index contributed by atoms with van der Waals surface area (Å²) in [6, 6.07) is 20.7. The Labute approximate surface area is 143 Å². The summed E-state index contributed by atoms with van der Waals surface area (Å²) in [6.45, 7) is 0. The maximum absolute atomic E-state index is 13.2. The lowest BCUT2D eigenvalue weighted by Crippen LogP contribution is -2.11. The van der Waals surface area contributed by atoms with Crippen LogP contribution in [0.25, 0.3) is 22.4 Å². The van der Waals surface area contributed by atoms with Crippen molar-refractivity contribution in [3.8, 4) is 11.4 Å². The third-order valence-corrected chi connectivity index (χ3v) is 3.89. The van der Waals surface area contributed by atoms with Crippen LogP contribution in [0.3, 0.4) is 0 Å². The lowest BCUT2D eigenvalue weighted by atomic mass is 10.1. The molecule has 1 heterocycles. The summed E-state index contributed by atoms with van der Waals surface area (Å²) in [5, 5.41) is 2.75. The summed E-state index contributed by atoms with van der Waals surface area (Å²) in [4.78, 5) is 20.0. The highest BCUT2D eigenvalue weighted by atomic mass is 19.1. The highest BCUT2D eigenvalue weighted by Gasteiger charge is 2.08. The molecule has 0 aliphatic carbocycles. The zero-order chi connectivity index (χ0) is 17.2. The number of aromatic nitrogens is 2. The van der Waals surface area contributed by atoms with Crippen LogP contribution in [0.15, 0.2) is 72.8 Å². The number of para-hydroxylation sites is 2. The van der Waals surface area contributed by atoms with E-state index < -0.39 is 5.82 Å². The number of rotatable bonds is 3. The van der Waals surface area contributed by atoms with Gasteiger partial charge in [0.25, 0.3) is 5.91 Å². The third kappa shape index (κ3) is 3.12. The first-order valence-electron chi connectivity index (χ1n) is 7.81. The summed E-state index contributed by atoms with van der Waals surface area (Å²) in [7, 11) is 0. The van der Waals surface area contributed by atoms with E-state index in [9.17, 15) is 9.18 Å². The minimum atomic E-state index is -0.437. The third-order valence-electron chi connectivity index (χ3n) is 3.89. The van der Waals surface area contributed by atoms with E-state index >= 15 is 0 Å². The maximum Gasteiger partial charge on any atom is 0.255 e. The van der Waals surface area contributed by atoms with Crippen LogP contribution >= 0.6 is 0 Å². The molecule has 0 saturated carbocycles. The molecule has 4 aromatic rings. The smallest absolute Gasteiger partial charge is 0.255 e. The molecule has 3 aromatic carbocycles. The van der Waals surface area contributed by atoms with Crippen molar-refractivity contribution in [1.29, 1.82) is 0 Å². The molecule has 0 aliphatic heterocycles. The fraction of sp³-hybridized carbons (Fsp3) is 0. The highest BCUT2D eigenvalue weighted by molar-refractivity contribution is 6.04. The Morgan fingerprint density at radius 3 is 2.52 bits per heavy atom. The Bertz CT molecular complexity index is 1020. The van der Waals surface area contributed by atoms with Gasteiger partial charge in [0.15, 0.2) is 0 Å². The molecule has 0 spiro atoms. The predicted octanol–water partition coefficient (Wildman–Crippen LogP) is 4.62. The Balaban J connectivity index is 1.54. The first kappa shape index (κ1) is 15.1. The summed E-state index contributed by atoms with van der Waals surface area (Å²) < 4.78 is 13.2. The molecule has 4 rings (SSSR count). The van der Waals surface area contributed by atoms with Crippen molar-refractivity contribution in [3.05, 3.63) is 84.2 Å². The summed E-state index contributed by atoms with van der Waals surface area (Å²) in [5.41, 5.74) is 3.71. The molecule has 5 heteroatoms. The van der Waals surface area contributed by atoms with Crippen LogP contribution in [0.2, 0.25) is 0 Å². The number of carbonyl (C=O) groups is 1. The van der Waals surface area contributed by atoms with E-state index in [1.54, 1.807) is 18.2 Å². The van der Waals surface area contributed by atoms with Gasteiger partial charge in [-0.15, -0.1) is 0 Å². The van der Waals surface area contributed by atoms with Gasteiger partial charge in [0, 0.05) is 16.8 Å². The van der Waals surface area contributed by atoms with Gasteiger partial charge in [-0.1, -0.05) is 18.2 Å². The lowest BCUT2D eigenvalue weighted by Gasteiger charge is -2.06. The number of carbonyl (C=O) groups excluding carboxylic acids is 1. The molecule has 122 valence electrons. The number of H-pyrrole nitrogens is 1. The minimum absolute atomic E-state index is 0.279. The number of amides is 1. The number of fused-ring (bicyclic) bond motifs is 1. The minimum Gasteiger partial charge on any atom is -0.338 e. The summed E-state index contributed by atoms with van der Waals surface area (Å²) in [5.74, 6) is -0.0203. The van der Waals surface area contributed by atoms with Gasteiger partial charge in [-0.05, 0) is 54.6 Å². The second-order valence-electron chi connectivity index (χ2n) is 5.64. The number of imidazole rings is 1. The second-order valence-corrected chi connectivity index (χ2v) is 5.64. The monoisotopic (exact) mass is 331 g/mol. The summed E-state index contributed by atoms with van der Waals surface area (Å²) in [6.07, 6.45) is 0. The van der Waals surface area contributed by atoms with Crippen LogP contribution in [0.1, 0.15) is 10.4 Å². The highest BCUT2D eigenvalue weighted by Crippen LogP contribution is 2.22. The van der Waals surface area contributed by atoms with E-state index in [2.05, 4.69) is 15.3 Å². The van der Waals surface area contributed by atoms with Crippen molar-refractivity contribution >= 4 is 22.6 Å². The number of nitrogens with one attached hydrogen (secondary N) is 2. The molecule has 4 nitrogen and oxygen atoms in total. The standard InChI is InChI=1S/C20H14FN3O/c21-15-5-3-4-14(12-15)20(25)22-16-10-8-13(9-11-16)19-23-17-6-1-2-7-18(17)24-19/h1-12H,(H,22,25)(H,23,24). The van der Waals surface area contributed by atoms with E-state index in [0.717, 1.165) is 22.4 Å². The number of hydrogen-bond donors (Lipinski definition) is 2. The quantitative estimate of drug-likeness (QED) is 0.575. The van der Waals surface area contributed by atoms with E-state index in [-0.39, 0.29) is 11.5 Å². The first-order chi connectivity index (χ1) is 12.2. The van der Waals surface area contributed by atoms with Gasteiger partial charge in [-0.2, -0.15) is 0 Å². The summed E-state index contributed by atoms with van der Waals surface area (Å²) >= 11 is 0. The van der Waals surface area contributed by atoms with Crippen molar-refractivity contribution in [2.45, 2.75) is 0 Å². The van der Waals surface area contributed by atoms with Gasteiger partial charge < -0.3 is 10.3 Å². The van der Waals surface area contributed by atoms with Crippen LogP contribution in [-0.2, 0) is 0 Å². The number of halogens is 1. The van der Waals surface area contributed by atoms with Crippen molar-refractivity contribution in [2.24, 2.45) is 0 Å². The number of aromatic amines is 1. The largest absolute Gasteiger partial charge is 0.338 e. The second kappa shape index (κ2) is 6.20. The van der Waals surface area contributed by atoms with Gasteiger partial charge in [0.2, 0.25) is 0 Å². The molecular weight excluding hydrogens is 317 g/mol. The molecule has 25 heavy (non-hydrogen) atoms. The maximum atomic E-state index is 13.2. The van der Waals surface area contributed by atoms with Crippen LogP contribution in [0, 0.1) is 5.82 Å². The zero-order valence-corrected chi connectivity index (χ0v) is 13.2. The fourth-order valence-corrected chi connectivity index (χ4v) is 2.63. The number of hydrogen-bond acceptors (Lipinski definition) is 2. The SMILES string of the molecule is O=C(Nc1ccc(-c2nc3ccccc3[nH]2)cc1)c1cccc(F)c1. The van der Waals surface area contributed by atoms with Gasteiger partial charge in [-0.3, -0.25) is 4.79 Å². The Morgan fingerprint density at radius 2 is 1.76 bits per heavy atom. The Hall–Kier alpha value is -3.47. The number of benzene rings is 3. The Kier molecular flexibility index (Phi) is 3.74. The normalized spacial score (nSPS) is 10.8.